The third kappa shape index (κ3) is 8.08. The van der Waals surface area contributed by atoms with Crippen LogP contribution in [0.4, 0.5) is 4.79 Å². The number of carbonyl (C=O) groups excluding carboxylic acids is 2. The van der Waals surface area contributed by atoms with Crippen LogP contribution in [0.2, 0.25) is 0 Å². The van der Waals surface area contributed by atoms with Crippen LogP contribution < -0.4 is 14.2 Å². The van der Waals surface area contributed by atoms with Gasteiger partial charge in [-0.3, -0.25) is 9.69 Å². The molecule has 3 aromatic carbocycles. The molecule has 0 aliphatic carbocycles. The van der Waals surface area contributed by atoms with Crippen LogP contribution >= 0.6 is 11.3 Å². The van der Waals surface area contributed by atoms with E-state index in [-0.39, 0.29) is 13.2 Å². The second-order valence-electron chi connectivity index (χ2n) is 9.21. The Kier molecular flexibility index (Phi) is 10.3. The first-order chi connectivity index (χ1) is 19.9. The van der Waals surface area contributed by atoms with E-state index >= 15 is 0 Å². The van der Waals surface area contributed by atoms with E-state index < -0.39 is 18.1 Å². The minimum absolute atomic E-state index is 0.217. The molecule has 0 saturated heterocycles. The van der Waals surface area contributed by atoms with E-state index in [1.54, 1.807) is 49.6 Å². The number of rotatable bonds is 12. The number of carbonyl (C=O) groups is 2. The standard InChI is InChI=1S/C32H34N2O6S/c1-5-38-30(35)21-34(32(36)40-28-17-15-26(37-4)16-18-28)22(2)24-11-13-27(14-12-24)39-20-19-29-23(3)41-31(33-29)25-9-7-6-8-10-25/h6-18,22H,5,19-21H2,1-4H3. The Morgan fingerprint density at radius 3 is 2.24 bits per heavy atom. The summed E-state index contributed by atoms with van der Waals surface area (Å²) in [5, 5.41) is 1.01. The van der Waals surface area contributed by atoms with E-state index in [1.165, 1.54) is 9.78 Å². The number of benzene rings is 3. The molecule has 0 aliphatic rings. The molecule has 4 rings (SSSR count). The summed E-state index contributed by atoms with van der Waals surface area (Å²) in [7, 11) is 1.56. The van der Waals surface area contributed by atoms with Gasteiger partial charge in [-0.15, -0.1) is 11.3 Å². The SMILES string of the molecule is CCOC(=O)CN(C(=O)Oc1ccc(OC)cc1)C(C)c1ccc(OCCc2nc(-c3ccccc3)sc2C)cc1. The number of aromatic nitrogens is 1. The van der Waals surface area contributed by atoms with Gasteiger partial charge >= 0.3 is 12.1 Å². The Hall–Kier alpha value is -4.37. The molecule has 0 fully saturated rings. The zero-order chi connectivity index (χ0) is 29.2. The molecule has 9 heteroatoms. The van der Waals surface area contributed by atoms with E-state index in [0.717, 1.165) is 21.8 Å². The van der Waals surface area contributed by atoms with Crippen LogP contribution in [-0.4, -0.2) is 48.8 Å². The van der Waals surface area contributed by atoms with Crippen molar-refractivity contribution in [1.29, 1.82) is 0 Å². The average molecular weight is 575 g/mol. The van der Waals surface area contributed by atoms with Crippen molar-refractivity contribution in [2.24, 2.45) is 0 Å². The van der Waals surface area contributed by atoms with Crippen molar-refractivity contribution < 1.29 is 28.5 Å². The molecule has 214 valence electrons. The first-order valence-corrected chi connectivity index (χ1v) is 14.2. The second kappa shape index (κ2) is 14.3. The normalized spacial score (nSPS) is 11.4. The first-order valence-electron chi connectivity index (χ1n) is 13.4. The van der Waals surface area contributed by atoms with Crippen molar-refractivity contribution in [3.8, 4) is 27.8 Å². The Labute approximate surface area is 244 Å². The van der Waals surface area contributed by atoms with Crippen LogP contribution in [-0.2, 0) is 16.0 Å². The van der Waals surface area contributed by atoms with Crippen molar-refractivity contribution >= 4 is 23.4 Å². The van der Waals surface area contributed by atoms with Crippen molar-refractivity contribution in [1.82, 2.24) is 9.88 Å². The predicted molar refractivity (Wildman–Crippen MR) is 159 cm³/mol. The minimum Gasteiger partial charge on any atom is -0.497 e. The van der Waals surface area contributed by atoms with Crippen molar-refractivity contribution in [2.45, 2.75) is 33.2 Å². The molecular formula is C32H34N2O6S. The molecule has 0 radical (unpaired) electrons. The van der Waals surface area contributed by atoms with Crippen LogP contribution in [0.3, 0.4) is 0 Å². The lowest BCUT2D eigenvalue weighted by Crippen LogP contribution is -2.40. The van der Waals surface area contributed by atoms with Crippen molar-refractivity contribution in [3.63, 3.8) is 0 Å². The lowest BCUT2D eigenvalue weighted by atomic mass is 10.1. The molecule has 0 saturated carbocycles. The van der Waals surface area contributed by atoms with Gasteiger partial charge in [-0.05, 0) is 62.7 Å². The van der Waals surface area contributed by atoms with Gasteiger partial charge in [-0.1, -0.05) is 42.5 Å². The summed E-state index contributed by atoms with van der Waals surface area (Å²) in [6, 6.07) is 23.8. The van der Waals surface area contributed by atoms with Gasteiger partial charge in [0, 0.05) is 16.9 Å². The highest BCUT2D eigenvalue weighted by molar-refractivity contribution is 7.15. The molecule has 1 unspecified atom stereocenters. The van der Waals surface area contributed by atoms with E-state index in [2.05, 4.69) is 19.1 Å². The summed E-state index contributed by atoms with van der Waals surface area (Å²) in [5.74, 6) is 1.17. The molecule has 0 spiro atoms. The van der Waals surface area contributed by atoms with Gasteiger partial charge in [-0.2, -0.15) is 0 Å². The molecular weight excluding hydrogens is 540 g/mol. The molecule has 0 bridgehead atoms. The molecule has 4 aromatic rings. The highest BCUT2D eigenvalue weighted by atomic mass is 32.1. The lowest BCUT2D eigenvalue weighted by Gasteiger charge is -2.28. The maximum Gasteiger partial charge on any atom is 0.416 e. The number of amides is 1. The Morgan fingerprint density at radius 1 is 0.927 bits per heavy atom. The molecule has 0 aliphatic heterocycles. The maximum atomic E-state index is 13.1. The van der Waals surface area contributed by atoms with Crippen molar-refractivity contribution in [3.05, 3.63) is 95.0 Å². The molecule has 1 atom stereocenters. The van der Waals surface area contributed by atoms with Gasteiger partial charge in [0.15, 0.2) is 0 Å². The first kappa shape index (κ1) is 29.6. The Balaban J connectivity index is 1.38. The molecule has 1 amide bonds. The largest absolute Gasteiger partial charge is 0.497 e. The van der Waals surface area contributed by atoms with E-state index in [9.17, 15) is 9.59 Å². The summed E-state index contributed by atoms with van der Waals surface area (Å²) < 4.78 is 21.8. The van der Waals surface area contributed by atoms with Crippen molar-refractivity contribution in [2.75, 3.05) is 26.9 Å². The third-order valence-electron chi connectivity index (χ3n) is 6.45. The number of thiazole rings is 1. The molecule has 1 aromatic heterocycles. The van der Waals surface area contributed by atoms with E-state index in [0.29, 0.717) is 30.3 Å². The Morgan fingerprint density at radius 2 is 1.59 bits per heavy atom. The van der Waals surface area contributed by atoms with E-state index in [4.69, 9.17) is 23.9 Å². The third-order valence-corrected chi connectivity index (χ3v) is 7.52. The van der Waals surface area contributed by atoms with Crippen LogP contribution in [0, 0.1) is 6.92 Å². The highest BCUT2D eigenvalue weighted by Crippen LogP contribution is 2.28. The molecule has 1 heterocycles. The maximum absolute atomic E-state index is 13.1. The highest BCUT2D eigenvalue weighted by Gasteiger charge is 2.27. The van der Waals surface area contributed by atoms with Gasteiger partial charge in [0.05, 0.1) is 32.1 Å². The summed E-state index contributed by atoms with van der Waals surface area (Å²) in [4.78, 5) is 32.8. The van der Waals surface area contributed by atoms with Gasteiger partial charge in [0.25, 0.3) is 0 Å². The fourth-order valence-electron chi connectivity index (χ4n) is 4.16. The number of aryl methyl sites for hydroxylation is 1. The van der Waals surface area contributed by atoms with Gasteiger partial charge < -0.3 is 18.9 Å². The topological polar surface area (TPSA) is 87.2 Å². The zero-order valence-corrected chi connectivity index (χ0v) is 24.5. The Bertz CT molecular complexity index is 1420. The van der Waals surface area contributed by atoms with Gasteiger partial charge in [0.2, 0.25) is 0 Å². The average Bonchev–Trinajstić information content (AvgIpc) is 3.37. The fourth-order valence-corrected chi connectivity index (χ4v) is 5.13. The number of ether oxygens (including phenoxy) is 4. The molecule has 8 nitrogen and oxygen atoms in total. The van der Waals surface area contributed by atoms with Gasteiger partial charge in [-0.25, -0.2) is 9.78 Å². The summed E-state index contributed by atoms with van der Waals surface area (Å²) in [6.45, 7) is 6.08. The van der Waals surface area contributed by atoms with Crippen LogP contribution in [0.15, 0.2) is 78.9 Å². The van der Waals surface area contributed by atoms with Crippen LogP contribution in [0.1, 0.15) is 36.0 Å². The number of methoxy groups -OCH3 is 1. The fraction of sp³-hybridized carbons (Fsp3) is 0.281. The van der Waals surface area contributed by atoms with Crippen LogP contribution in [0.5, 0.6) is 17.2 Å². The summed E-state index contributed by atoms with van der Waals surface area (Å²) >= 11 is 1.69. The number of nitrogens with zero attached hydrogens (tertiary/aromatic N) is 2. The summed E-state index contributed by atoms with van der Waals surface area (Å²) in [5.41, 5.74) is 2.96. The quantitative estimate of drug-likeness (QED) is 0.171. The smallest absolute Gasteiger partial charge is 0.416 e. The van der Waals surface area contributed by atoms with Crippen LogP contribution in [0.25, 0.3) is 10.6 Å². The zero-order valence-electron chi connectivity index (χ0n) is 23.7. The number of hydrogen-bond donors (Lipinski definition) is 0. The second-order valence-corrected chi connectivity index (χ2v) is 10.4. The number of esters is 1. The van der Waals surface area contributed by atoms with E-state index in [1.807, 2.05) is 49.4 Å². The minimum atomic E-state index is -0.662. The lowest BCUT2D eigenvalue weighted by molar-refractivity contribution is -0.144. The molecule has 41 heavy (non-hydrogen) atoms. The monoisotopic (exact) mass is 574 g/mol. The van der Waals surface area contributed by atoms with Gasteiger partial charge in [0.1, 0.15) is 28.8 Å². The molecule has 0 N–H and O–H groups in total. The predicted octanol–water partition coefficient (Wildman–Crippen LogP) is 6.87. The summed E-state index contributed by atoms with van der Waals surface area (Å²) in [6.07, 6.45) is 0.0298. The number of hydrogen-bond acceptors (Lipinski definition) is 8.